The molecule has 8 bridgehead atoms. The third-order valence-corrected chi connectivity index (χ3v) is 14.0. The fourth-order valence-electron chi connectivity index (χ4n) is 9.94. The lowest BCUT2D eigenvalue weighted by molar-refractivity contribution is 0.368. The van der Waals surface area contributed by atoms with E-state index in [0.29, 0.717) is 68.4 Å². The summed E-state index contributed by atoms with van der Waals surface area (Å²) in [5.74, 6) is 4.32. The van der Waals surface area contributed by atoms with Gasteiger partial charge in [0.05, 0.1) is 11.1 Å². The Kier molecular flexibility index (Phi) is 12.2. The Balaban J connectivity index is 1.22. The van der Waals surface area contributed by atoms with Crippen molar-refractivity contribution in [1.82, 2.24) is 39.9 Å². The van der Waals surface area contributed by atoms with Crippen molar-refractivity contribution in [3.05, 3.63) is 170 Å². The van der Waals surface area contributed by atoms with E-state index in [9.17, 15) is 0 Å². The van der Waals surface area contributed by atoms with Crippen molar-refractivity contribution in [2.24, 2.45) is 0 Å². The third-order valence-electron chi connectivity index (χ3n) is 14.0. The van der Waals surface area contributed by atoms with E-state index in [1.807, 2.05) is 246 Å². The van der Waals surface area contributed by atoms with Crippen LogP contribution in [-0.4, -0.2) is 96.3 Å². The smallest absolute Gasteiger partial charge is 0.217 e. The summed E-state index contributed by atoms with van der Waals surface area (Å²) in [7, 11) is 15.9. The van der Waals surface area contributed by atoms with Gasteiger partial charge < -0.3 is 48.5 Å². The second-order valence-corrected chi connectivity index (χ2v) is 20.3. The molecule has 2 N–H and O–H groups in total. The number of rotatable bonds is 12. The van der Waals surface area contributed by atoms with Gasteiger partial charge in [-0.3, -0.25) is 0 Å². The standard InChI is InChI=1S/C64H54N12O4/c1-73(2)37-19-15-23-41(33-37)77-53-51-52(54(78-42-24-16-20-38(34-42)74(3)4)56(80-44-26-18-22-40(36-44)76(7)8)55(53)79-43-25-17-21-39(35-43)75(5)6)64-71-62-50-32-14-12-30-48(50)60(69-62)67-58-46-28-10-9-27-45(46)57(65-58)66-59-47-29-11-13-31-49(47)61(68-59)70-63(51)72-64/h9-36H,1-8H3,(H2,65,66,67,68,69,70,71,72). The van der Waals surface area contributed by atoms with Crippen molar-refractivity contribution < 1.29 is 18.9 Å². The van der Waals surface area contributed by atoms with Crippen molar-refractivity contribution in [2.45, 2.75) is 0 Å². The van der Waals surface area contributed by atoms with Crippen LogP contribution in [0.5, 0.6) is 46.0 Å². The van der Waals surface area contributed by atoms with Crippen LogP contribution in [0.25, 0.3) is 89.7 Å². The molecular formula is C64H54N12O4. The number of hydrogen-bond acceptors (Lipinski definition) is 14. The van der Waals surface area contributed by atoms with Gasteiger partial charge in [-0.25, -0.2) is 29.9 Å². The summed E-state index contributed by atoms with van der Waals surface area (Å²) in [6.07, 6.45) is 0. The van der Waals surface area contributed by atoms with Gasteiger partial charge >= 0.3 is 0 Å². The Morgan fingerprint density at radius 1 is 0.287 bits per heavy atom. The molecule has 8 aromatic carbocycles. The number of nitrogens with one attached hydrogen (secondary N) is 2. The maximum Gasteiger partial charge on any atom is 0.217 e. The van der Waals surface area contributed by atoms with Gasteiger partial charge in [0.25, 0.3) is 0 Å². The summed E-state index contributed by atoms with van der Waals surface area (Å²) in [5.41, 5.74) is 8.22. The Hall–Kier alpha value is -10.5. The molecule has 0 unspecified atom stereocenters. The van der Waals surface area contributed by atoms with E-state index >= 15 is 0 Å². The van der Waals surface area contributed by atoms with Gasteiger partial charge in [0.2, 0.25) is 11.5 Å². The van der Waals surface area contributed by atoms with Gasteiger partial charge in [0.1, 0.15) is 45.6 Å². The van der Waals surface area contributed by atoms with E-state index in [1.165, 1.54) is 0 Å². The molecule has 16 heteroatoms. The van der Waals surface area contributed by atoms with Gasteiger partial charge in [-0.1, -0.05) is 97.1 Å². The first-order chi connectivity index (χ1) is 38.9. The molecule has 0 atom stereocenters. The molecule has 0 saturated heterocycles. The van der Waals surface area contributed by atoms with Gasteiger partial charge in [-0.2, -0.15) is 0 Å². The summed E-state index contributed by atoms with van der Waals surface area (Å²) < 4.78 is 29.4. The second kappa shape index (κ2) is 19.8. The zero-order valence-corrected chi connectivity index (χ0v) is 45.3. The minimum absolute atomic E-state index is 0.183. The number of aromatic nitrogens is 8. The molecule has 0 fully saturated rings. The molecule has 0 spiro atoms. The number of nitrogens with zero attached hydrogens (tertiary/aromatic N) is 10. The van der Waals surface area contributed by atoms with Gasteiger partial charge in [-0.15, -0.1) is 0 Å². The summed E-state index contributed by atoms with van der Waals surface area (Å²) in [6, 6.07) is 55.3. The fraction of sp³-hybridized carbons (Fsp3) is 0.125. The van der Waals surface area contributed by atoms with E-state index in [1.54, 1.807) is 0 Å². The maximum absolute atomic E-state index is 7.38. The highest BCUT2D eigenvalue weighted by molar-refractivity contribution is 6.07. The molecule has 0 aliphatic carbocycles. The van der Waals surface area contributed by atoms with Crippen LogP contribution in [0.3, 0.4) is 0 Å². The number of hydrogen-bond donors (Lipinski definition) is 2. The van der Waals surface area contributed by atoms with Crippen molar-refractivity contribution in [2.75, 3.05) is 76.0 Å². The zero-order chi connectivity index (χ0) is 54.8. The van der Waals surface area contributed by atoms with E-state index in [2.05, 4.69) is 9.97 Å². The van der Waals surface area contributed by atoms with E-state index in [0.717, 1.165) is 55.4 Å². The molecule has 394 valence electrons. The molecule has 3 aromatic heterocycles. The Morgan fingerprint density at radius 3 is 0.875 bits per heavy atom. The monoisotopic (exact) mass is 1050 g/mol. The Bertz CT molecular complexity index is 4160. The number of benzene rings is 8. The summed E-state index contributed by atoms with van der Waals surface area (Å²) in [4.78, 5) is 47.3. The Morgan fingerprint density at radius 2 is 0.562 bits per heavy atom. The number of ether oxygens (including phenoxy) is 4. The fourth-order valence-corrected chi connectivity index (χ4v) is 9.94. The van der Waals surface area contributed by atoms with Crippen molar-refractivity contribution >= 4 is 66.9 Å². The molecule has 11 aromatic rings. The lowest BCUT2D eigenvalue weighted by Gasteiger charge is -2.24. The molecule has 0 saturated carbocycles. The molecule has 0 radical (unpaired) electrons. The second-order valence-electron chi connectivity index (χ2n) is 20.3. The first-order valence-electron chi connectivity index (χ1n) is 26.1. The number of fused-ring (bicyclic) bond motifs is 20. The highest BCUT2D eigenvalue weighted by Gasteiger charge is 2.38. The van der Waals surface area contributed by atoms with Crippen LogP contribution < -0.4 is 38.5 Å². The first-order valence-corrected chi connectivity index (χ1v) is 26.1. The zero-order valence-electron chi connectivity index (χ0n) is 45.3. The van der Waals surface area contributed by atoms with Crippen LogP contribution >= 0.6 is 0 Å². The van der Waals surface area contributed by atoms with Gasteiger partial charge in [-0.05, 0) is 48.5 Å². The average Bonchev–Trinajstić information content (AvgIpc) is 4.26. The molecule has 80 heavy (non-hydrogen) atoms. The summed E-state index contributed by atoms with van der Waals surface area (Å²) in [5, 5.41) is 3.23. The quantitative estimate of drug-likeness (QED) is 0.119. The van der Waals surface area contributed by atoms with Crippen LogP contribution in [0.1, 0.15) is 0 Å². The lowest BCUT2D eigenvalue weighted by Crippen LogP contribution is -2.09. The molecule has 2 aliphatic heterocycles. The largest absolute Gasteiger partial charge is 0.452 e. The van der Waals surface area contributed by atoms with Crippen LogP contribution in [0.4, 0.5) is 22.7 Å². The molecule has 2 aliphatic rings. The molecule has 5 heterocycles. The van der Waals surface area contributed by atoms with E-state index < -0.39 is 0 Å². The minimum Gasteiger partial charge on any atom is -0.452 e. The van der Waals surface area contributed by atoms with Crippen LogP contribution in [-0.2, 0) is 0 Å². The first kappa shape index (κ1) is 49.1. The van der Waals surface area contributed by atoms with Gasteiger partial charge in [0, 0.05) is 136 Å². The molecule has 16 nitrogen and oxygen atoms in total. The molecular weight excluding hydrogens is 1000 g/mol. The SMILES string of the molecule is CN(C)c1cccc(Oc2c(Oc3cccc(N(C)C)c3)c(Oc3cccc(N(C)C)c3)c3c(c2Oc2cccc(N(C)C)c2)-c2nc-3nc3[nH]c(nc4nc(nc5[nH]c(n2)c2ccccc52)-c2ccccc2-4)c2ccccc32)c1. The van der Waals surface area contributed by atoms with Crippen molar-refractivity contribution in [3.63, 3.8) is 0 Å². The van der Waals surface area contributed by atoms with Crippen LogP contribution in [0.15, 0.2) is 170 Å². The molecule has 13 rings (SSSR count). The van der Waals surface area contributed by atoms with E-state index in [4.69, 9.17) is 48.9 Å². The number of H-pyrrole nitrogens is 2. The number of anilines is 4. The van der Waals surface area contributed by atoms with Gasteiger partial charge in [0.15, 0.2) is 34.8 Å². The highest BCUT2D eigenvalue weighted by atomic mass is 16.6. The average molecular weight is 1060 g/mol. The number of aromatic amines is 2. The highest BCUT2D eigenvalue weighted by Crippen LogP contribution is 2.61. The lowest BCUT2D eigenvalue weighted by atomic mass is 10.0. The minimum atomic E-state index is 0.183. The topological polar surface area (TPSA) is 159 Å². The molecule has 0 amide bonds. The summed E-state index contributed by atoms with van der Waals surface area (Å²) >= 11 is 0. The predicted octanol–water partition coefficient (Wildman–Crippen LogP) is 14.3. The third kappa shape index (κ3) is 8.97. The Labute approximate surface area is 461 Å². The van der Waals surface area contributed by atoms with Crippen LogP contribution in [0, 0.1) is 0 Å². The van der Waals surface area contributed by atoms with E-state index in [-0.39, 0.29) is 34.6 Å². The predicted molar refractivity (Wildman–Crippen MR) is 319 cm³/mol. The van der Waals surface area contributed by atoms with Crippen molar-refractivity contribution in [1.29, 1.82) is 0 Å². The normalized spacial score (nSPS) is 11.5. The van der Waals surface area contributed by atoms with Crippen molar-refractivity contribution in [3.8, 4) is 91.5 Å². The maximum atomic E-state index is 7.38. The van der Waals surface area contributed by atoms with Crippen LogP contribution in [0.2, 0.25) is 0 Å². The summed E-state index contributed by atoms with van der Waals surface area (Å²) in [6.45, 7) is 0.